The zero-order valence-corrected chi connectivity index (χ0v) is 9.68. The van der Waals surface area contributed by atoms with E-state index in [2.05, 4.69) is 22.7 Å². The van der Waals surface area contributed by atoms with Crippen LogP contribution in [0.5, 0.6) is 0 Å². The summed E-state index contributed by atoms with van der Waals surface area (Å²) in [6.07, 6.45) is 0.970. The van der Waals surface area contributed by atoms with Crippen molar-refractivity contribution in [3.63, 3.8) is 0 Å². The molecule has 0 radical (unpaired) electrons. The van der Waals surface area contributed by atoms with E-state index >= 15 is 0 Å². The van der Waals surface area contributed by atoms with Gasteiger partial charge < -0.3 is 0 Å². The smallest absolute Gasteiger partial charge is 0.0884 e. The van der Waals surface area contributed by atoms with Crippen LogP contribution in [0.25, 0.3) is 10.6 Å². The molecule has 80 valence electrons. The van der Waals surface area contributed by atoms with Crippen molar-refractivity contribution in [2.75, 3.05) is 0 Å². The molecule has 3 rings (SSSR count). The second-order valence-corrected chi connectivity index (χ2v) is 4.34. The fourth-order valence-corrected chi connectivity index (χ4v) is 2.66. The van der Waals surface area contributed by atoms with E-state index in [0.717, 1.165) is 17.1 Å². The van der Waals surface area contributed by atoms with Crippen molar-refractivity contribution in [3.05, 3.63) is 41.4 Å². The maximum absolute atomic E-state index is 4.17. The van der Waals surface area contributed by atoms with Crippen LogP contribution in [0.3, 0.4) is 0 Å². The molecule has 4 nitrogen and oxygen atoms in total. The molecule has 16 heavy (non-hydrogen) atoms. The van der Waals surface area contributed by atoms with E-state index in [9.17, 15) is 0 Å². The summed E-state index contributed by atoms with van der Waals surface area (Å²) in [7, 11) is 0. The lowest BCUT2D eigenvalue weighted by atomic mass is 10.3. The van der Waals surface area contributed by atoms with E-state index in [0.29, 0.717) is 0 Å². The Bertz CT molecular complexity index is 611. The van der Waals surface area contributed by atoms with Gasteiger partial charge in [-0.2, -0.15) is 0 Å². The lowest BCUT2D eigenvalue weighted by Gasteiger charge is -1.90. The molecule has 0 saturated heterocycles. The van der Waals surface area contributed by atoms with Gasteiger partial charge in [0.25, 0.3) is 0 Å². The fourth-order valence-electron chi connectivity index (χ4n) is 1.66. The molecular weight excluding hydrogens is 220 g/mol. The van der Waals surface area contributed by atoms with Crippen LogP contribution in [-0.4, -0.2) is 14.9 Å². The first-order valence-electron chi connectivity index (χ1n) is 5.19. The molecule has 2 heterocycles. The molecule has 0 saturated carbocycles. The van der Waals surface area contributed by atoms with Crippen molar-refractivity contribution < 1.29 is 4.68 Å². The first-order chi connectivity index (χ1) is 7.90. The molecule has 0 unspecified atom stereocenters. The van der Waals surface area contributed by atoms with Crippen LogP contribution < -0.4 is 4.68 Å². The van der Waals surface area contributed by atoms with E-state index < -0.39 is 0 Å². The number of para-hydroxylation sites is 1. The monoisotopic (exact) mass is 231 g/mol. The fraction of sp³-hybridized carbons (Fsp3) is 0.182. The van der Waals surface area contributed by atoms with Crippen molar-refractivity contribution in [1.82, 2.24) is 14.9 Å². The van der Waals surface area contributed by atoms with Crippen molar-refractivity contribution >= 4 is 16.3 Å². The number of aromatic nitrogens is 4. The number of tetrazole rings is 1. The van der Waals surface area contributed by atoms with E-state index in [-0.39, 0.29) is 0 Å². The standard InChI is InChI=1S/C11H11N4S/c1-2-9-8-16-11-14(9)12-13-15(11)10-6-4-3-5-7-10/h3-8H,2H2,1H3/q+1. The molecule has 2 aromatic heterocycles. The molecule has 0 fully saturated rings. The second-order valence-electron chi connectivity index (χ2n) is 3.50. The van der Waals surface area contributed by atoms with E-state index in [4.69, 9.17) is 0 Å². The summed E-state index contributed by atoms with van der Waals surface area (Å²) in [5, 5.41) is 10.5. The van der Waals surface area contributed by atoms with Gasteiger partial charge in [-0.25, -0.2) is 0 Å². The molecule has 0 spiro atoms. The third kappa shape index (κ3) is 1.32. The molecule has 0 aliphatic carbocycles. The molecule has 0 N–H and O–H groups in total. The summed E-state index contributed by atoms with van der Waals surface area (Å²) < 4.78 is 3.77. The summed E-state index contributed by atoms with van der Waals surface area (Å²) in [5.74, 6) is 0. The summed E-state index contributed by atoms with van der Waals surface area (Å²) in [4.78, 5) is 1.04. The van der Waals surface area contributed by atoms with Crippen LogP contribution in [0, 0.1) is 0 Å². The van der Waals surface area contributed by atoms with Gasteiger partial charge in [-0.05, 0) is 16.6 Å². The van der Waals surface area contributed by atoms with Crippen LogP contribution in [0.1, 0.15) is 12.6 Å². The highest BCUT2D eigenvalue weighted by atomic mass is 32.1. The normalized spacial score (nSPS) is 11.1. The summed E-state index contributed by atoms with van der Waals surface area (Å²) in [5.41, 5.74) is 2.24. The predicted octanol–water partition coefficient (Wildman–Crippen LogP) is 1.63. The highest BCUT2D eigenvalue weighted by molar-refractivity contribution is 7.14. The number of nitrogens with zero attached hydrogens (tertiary/aromatic N) is 4. The Hall–Kier alpha value is -1.75. The lowest BCUT2D eigenvalue weighted by molar-refractivity contribution is -0.633. The maximum atomic E-state index is 4.17. The Labute approximate surface area is 96.8 Å². The highest BCUT2D eigenvalue weighted by Gasteiger charge is 2.19. The van der Waals surface area contributed by atoms with Gasteiger partial charge in [0.05, 0.1) is 0 Å². The van der Waals surface area contributed by atoms with E-state index in [1.165, 1.54) is 5.69 Å². The Morgan fingerprint density at radius 3 is 2.88 bits per heavy atom. The van der Waals surface area contributed by atoms with Crippen molar-refractivity contribution in [1.29, 1.82) is 0 Å². The van der Waals surface area contributed by atoms with E-state index in [1.54, 1.807) is 11.3 Å². The molecule has 3 aromatic rings. The summed E-state index contributed by atoms with van der Waals surface area (Å²) in [6.45, 7) is 2.12. The van der Waals surface area contributed by atoms with Gasteiger partial charge in [0.2, 0.25) is 0 Å². The van der Waals surface area contributed by atoms with Crippen molar-refractivity contribution in [2.45, 2.75) is 13.3 Å². The van der Waals surface area contributed by atoms with Crippen LogP contribution >= 0.6 is 11.3 Å². The first kappa shape index (κ1) is 9.47. The number of benzene rings is 1. The van der Waals surface area contributed by atoms with Gasteiger partial charge in [-0.1, -0.05) is 41.1 Å². The molecule has 0 amide bonds. The van der Waals surface area contributed by atoms with Gasteiger partial charge >= 0.3 is 4.96 Å². The zero-order chi connectivity index (χ0) is 11.0. The molecule has 0 aliphatic heterocycles. The predicted molar refractivity (Wildman–Crippen MR) is 61.8 cm³/mol. The largest absolute Gasteiger partial charge is 0.350 e. The molecule has 0 bridgehead atoms. The number of rotatable bonds is 2. The van der Waals surface area contributed by atoms with Crippen molar-refractivity contribution in [3.8, 4) is 5.69 Å². The minimum Gasteiger partial charge on any atom is -0.0884 e. The Morgan fingerprint density at radius 2 is 2.12 bits per heavy atom. The topological polar surface area (TPSA) is 34.1 Å². The molecular formula is C11H11N4S+. The molecule has 0 atom stereocenters. The van der Waals surface area contributed by atoms with Crippen LogP contribution in [0.4, 0.5) is 0 Å². The number of fused-ring (bicyclic) bond motifs is 1. The van der Waals surface area contributed by atoms with Gasteiger partial charge in [-0.3, -0.25) is 0 Å². The minimum atomic E-state index is 0.970. The number of hydrogen-bond acceptors (Lipinski definition) is 3. The Kier molecular flexibility index (Phi) is 2.18. The molecule has 1 aromatic carbocycles. The third-order valence-corrected chi connectivity index (χ3v) is 3.46. The number of hydrogen-bond donors (Lipinski definition) is 0. The molecule has 5 heteroatoms. The van der Waals surface area contributed by atoms with Crippen molar-refractivity contribution in [2.24, 2.45) is 0 Å². The second kappa shape index (κ2) is 3.68. The maximum Gasteiger partial charge on any atom is 0.350 e. The lowest BCUT2D eigenvalue weighted by Crippen LogP contribution is -2.32. The van der Waals surface area contributed by atoms with E-state index in [1.807, 2.05) is 39.5 Å². The van der Waals surface area contributed by atoms with Crippen LogP contribution in [0.15, 0.2) is 35.7 Å². The van der Waals surface area contributed by atoms with Crippen LogP contribution in [-0.2, 0) is 6.42 Å². The Morgan fingerprint density at radius 1 is 1.31 bits per heavy atom. The Balaban J connectivity index is 2.22. The average Bonchev–Trinajstić information content (AvgIpc) is 2.90. The summed E-state index contributed by atoms with van der Waals surface area (Å²) >= 11 is 1.67. The van der Waals surface area contributed by atoms with Gasteiger partial charge in [0, 0.05) is 11.8 Å². The highest BCUT2D eigenvalue weighted by Crippen LogP contribution is 2.12. The SMILES string of the molecule is CCc1csc2n1nn[n+]2-c1ccccc1. The van der Waals surface area contributed by atoms with Gasteiger partial charge in [0.1, 0.15) is 16.6 Å². The quantitative estimate of drug-likeness (QED) is 0.628. The van der Waals surface area contributed by atoms with Gasteiger partial charge in [0.15, 0.2) is 5.21 Å². The number of thiazole rings is 1. The van der Waals surface area contributed by atoms with Gasteiger partial charge in [-0.15, -0.1) is 0 Å². The summed E-state index contributed by atoms with van der Waals surface area (Å²) in [6, 6.07) is 10.1. The molecule has 0 aliphatic rings. The number of aryl methyl sites for hydroxylation is 1. The third-order valence-electron chi connectivity index (χ3n) is 2.52. The average molecular weight is 231 g/mol. The minimum absolute atomic E-state index is 0.970. The zero-order valence-electron chi connectivity index (χ0n) is 8.87. The van der Waals surface area contributed by atoms with Crippen LogP contribution in [0.2, 0.25) is 0 Å². The first-order valence-corrected chi connectivity index (χ1v) is 6.07.